The fraction of sp³-hybridized carbons (Fsp3) is 0.714. The fourth-order valence-corrected chi connectivity index (χ4v) is 3.05. The highest BCUT2D eigenvalue weighted by Gasteiger charge is 2.34. The van der Waals surface area contributed by atoms with Crippen LogP contribution in [0.1, 0.15) is 30.9 Å². The van der Waals surface area contributed by atoms with Gasteiger partial charge in [-0.05, 0) is 13.0 Å². The van der Waals surface area contributed by atoms with Gasteiger partial charge >= 0.3 is 0 Å². The lowest BCUT2D eigenvalue weighted by Crippen LogP contribution is -2.57. The molecule has 0 spiro atoms. The number of aromatic amines is 1. The second kappa shape index (κ2) is 6.03. The van der Waals surface area contributed by atoms with E-state index in [2.05, 4.69) is 32.0 Å². The molecule has 2 bridgehead atoms. The van der Waals surface area contributed by atoms with Gasteiger partial charge in [0, 0.05) is 45.3 Å². The van der Waals surface area contributed by atoms with E-state index in [0.717, 1.165) is 57.2 Å². The van der Waals surface area contributed by atoms with Crippen LogP contribution < -0.4 is 10.9 Å². The molecule has 3 saturated heterocycles. The zero-order valence-electron chi connectivity index (χ0n) is 12.1. The molecule has 3 aliphatic heterocycles. The molecule has 1 unspecified atom stereocenters. The SMILES string of the molecule is CCCNCc1cc(=O)[nH]c(C2CN3CCN2CC3)n1. The summed E-state index contributed by atoms with van der Waals surface area (Å²) in [4.78, 5) is 24.3. The first-order valence-corrected chi connectivity index (χ1v) is 7.53. The standard InChI is InChI=1S/C14H23N5O/c1-2-3-15-9-11-8-13(20)17-14(16-11)12-10-18-4-6-19(12)7-5-18/h8,12,15H,2-7,9-10H2,1H3,(H,16,17,20). The molecule has 0 aliphatic carbocycles. The topological polar surface area (TPSA) is 64.3 Å². The number of hydrogen-bond acceptors (Lipinski definition) is 5. The predicted molar refractivity (Wildman–Crippen MR) is 77.6 cm³/mol. The third kappa shape index (κ3) is 2.92. The molecular weight excluding hydrogens is 254 g/mol. The summed E-state index contributed by atoms with van der Waals surface area (Å²) in [7, 11) is 0. The van der Waals surface area contributed by atoms with Gasteiger partial charge in [-0.2, -0.15) is 0 Å². The van der Waals surface area contributed by atoms with Gasteiger partial charge in [0.2, 0.25) is 0 Å². The molecule has 0 amide bonds. The smallest absolute Gasteiger partial charge is 0.251 e. The number of rotatable bonds is 5. The molecule has 6 heteroatoms. The summed E-state index contributed by atoms with van der Waals surface area (Å²) in [6.07, 6.45) is 1.08. The normalized spacial score (nSPS) is 28.8. The molecule has 6 nitrogen and oxygen atoms in total. The van der Waals surface area contributed by atoms with Gasteiger partial charge in [-0.25, -0.2) is 4.98 Å². The van der Waals surface area contributed by atoms with E-state index in [1.54, 1.807) is 6.07 Å². The maximum absolute atomic E-state index is 11.8. The maximum atomic E-state index is 11.8. The van der Waals surface area contributed by atoms with Crippen molar-refractivity contribution in [2.24, 2.45) is 0 Å². The van der Waals surface area contributed by atoms with Crippen LogP contribution in [0.15, 0.2) is 10.9 Å². The molecule has 1 aromatic rings. The van der Waals surface area contributed by atoms with Gasteiger partial charge in [0.25, 0.3) is 5.56 Å². The fourth-order valence-electron chi connectivity index (χ4n) is 3.05. The summed E-state index contributed by atoms with van der Waals surface area (Å²) in [6.45, 7) is 9.16. The van der Waals surface area contributed by atoms with Crippen molar-refractivity contribution in [1.29, 1.82) is 0 Å². The summed E-state index contributed by atoms with van der Waals surface area (Å²) in [5.74, 6) is 0.829. The average molecular weight is 277 g/mol. The van der Waals surface area contributed by atoms with E-state index in [1.165, 1.54) is 0 Å². The molecule has 0 aromatic carbocycles. The van der Waals surface area contributed by atoms with E-state index in [0.29, 0.717) is 6.54 Å². The molecule has 4 rings (SSSR count). The number of nitrogens with zero attached hydrogens (tertiary/aromatic N) is 3. The molecule has 20 heavy (non-hydrogen) atoms. The highest BCUT2D eigenvalue weighted by molar-refractivity contribution is 5.08. The molecule has 4 heterocycles. The van der Waals surface area contributed by atoms with Crippen LogP contribution in [-0.4, -0.2) is 59.0 Å². The Hall–Kier alpha value is -1.24. The summed E-state index contributed by atoms with van der Waals surface area (Å²) >= 11 is 0. The Morgan fingerprint density at radius 3 is 2.85 bits per heavy atom. The van der Waals surface area contributed by atoms with Crippen molar-refractivity contribution in [3.05, 3.63) is 27.9 Å². The average Bonchev–Trinajstić information content (AvgIpc) is 2.48. The van der Waals surface area contributed by atoms with Gasteiger partial charge in [-0.3, -0.25) is 14.6 Å². The van der Waals surface area contributed by atoms with Gasteiger partial charge < -0.3 is 10.3 Å². The second-order valence-corrected chi connectivity index (χ2v) is 5.65. The van der Waals surface area contributed by atoms with Crippen molar-refractivity contribution in [1.82, 2.24) is 25.1 Å². The molecule has 2 N–H and O–H groups in total. The van der Waals surface area contributed by atoms with Crippen LogP contribution in [0, 0.1) is 0 Å². The highest BCUT2D eigenvalue weighted by Crippen LogP contribution is 2.25. The molecular formula is C14H23N5O. The van der Waals surface area contributed by atoms with Gasteiger partial charge in [0.15, 0.2) is 0 Å². The monoisotopic (exact) mass is 277 g/mol. The van der Waals surface area contributed by atoms with E-state index in [1.807, 2.05) is 0 Å². The first-order valence-electron chi connectivity index (χ1n) is 7.53. The van der Waals surface area contributed by atoms with Gasteiger partial charge in [0.05, 0.1) is 11.7 Å². The Labute approximate surface area is 119 Å². The quantitative estimate of drug-likeness (QED) is 0.738. The predicted octanol–water partition coefficient (Wildman–Crippen LogP) is -0.0582. The zero-order valence-corrected chi connectivity index (χ0v) is 12.1. The Kier molecular flexibility index (Phi) is 4.14. The van der Waals surface area contributed by atoms with Gasteiger partial charge in [-0.1, -0.05) is 6.92 Å². The molecule has 0 saturated carbocycles. The van der Waals surface area contributed by atoms with Crippen molar-refractivity contribution in [2.75, 3.05) is 39.3 Å². The lowest BCUT2D eigenvalue weighted by molar-refractivity contribution is 0.00845. The van der Waals surface area contributed by atoms with Crippen molar-refractivity contribution < 1.29 is 0 Å². The van der Waals surface area contributed by atoms with Crippen LogP contribution >= 0.6 is 0 Å². The van der Waals surface area contributed by atoms with Crippen molar-refractivity contribution >= 4 is 0 Å². The van der Waals surface area contributed by atoms with Crippen molar-refractivity contribution in [2.45, 2.75) is 25.9 Å². The van der Waals surface area contributed by atoms with E-state index < -0.39 is 0 Å². The Balaban J connectivity index is 1.77. The number of fused-ring (bicyclic) bond motifs is 3. The zero-order chi connectivity index (χ0) is 13.9. The minimum absolute atomic E-state index is 0.0408. The van der Waals surface area contributed by atoms with Crippen molar-refractivity contribution in [3.8, 4) is 0 Å². The first-order chi connectivity index (χ1) is 9.76. The molecule has 110 valence electrons. The van der Waals surface area contributed by atoms with Crippen LogP contribution in [-0.2, 0) is 6.54 Å². The van der Waals surface area contributed by atoms with E-state index >= 15 is 0 Å². The molecule has 0 radical (unpaired) electrons. The van der Waals surface area contributed by atoms with Crippen LogP contribution in [0.4, 0.5) is 0 Å². The Bertz CT molecular complexity index is 507. The number of hydrogen-bond donors (Lipinski definition) is 2. The minimum atomic E-state index is -0.0408. The largest absolute Gasteiger partial charge is 0.311 e. The van der Waals surface area contributed by atoms with E-state index in [-0.39, 0.29) is 11.6 Å². The van der Waals surface area contributed by atoms with E-state index in [4.69, 9.17) is 0 Å². The van der Waals surface area contributed by atoms with Crippen LogP contribution in [0.3, 0.4) is 0 Å². The minimum Gasteiger partial charge on any atom is -0.311 e. The van der Waals surface area contributed by atoms with Crippen LogP contribution in [0.2, 0.25) is 0 Å². The first kappa shape index (κ1) is 13.7. The molecule has 3 aliphatic rings. The third-order valence-corrected chi connectivity index (χ3v) is 4.14. The van der Waals surface area contributed by atoms with Crippen LogP contribution in [0.25, 0.3) is 0 Å². The summed E-state index contributed by atoms with van der Waals surface area (Å²) in [5.41, 5.74) is 0.802. The molecule has 1 atom stereocenters. The Morgan fingerprint density at radius 2 is 2.20 bits per heavy atom. The summed E-state index contributed by atoms with van der Waals surface area (Å²) in [6, 6.07) is 1.85. The number of aromatic nitrogens is 2. The Morgan fingerprint density at radius 1 is 1.40 bits per heavy atom. The van der Waals surface area contributed by atoms with E-state index in [9.17, 15) is 4.79 Å². The number of piperazine rings is 3. The maximum Gasteiger partial charge on any atom is 0.251 e. The molecule has 3 fully saturated rings. The summed E-state index contributed by atoms with van der Waals surface area (Å²) < 4.78 is 0. The third-order valence-electron chi connectivity index (χ3n) is 4.14. The summed E-state index contributed by atoms with van der Waals surface area (Å²) in [5, 5.41) is 3.30. The molecule has 1 aromatic heterocycles. The lowest BCUT2D eigenvalue weighted by Gasteiger charge is -2.46. The van der Waals surface area contributed by atoms with Gasteiger partial charge in [0.1, 0.15) is 5.82 Å². The van der Waals surface area contributed by atoms with Gasteiger partial charge in [-0.15, -0.1) is 0 Å². The number of H-pyrrole nitrogens is 1. The number of nitrogens with one attached hydrogen (secondary N) is 2. The lowest BCUT2D eigenvalue weighted by atomic mass is 10.1. The highest BCUT2D eigenvalue weighted by atomic mass is 16.1. The van der Waals surface area contributed by atoms with Crippen molar-refractivity contribution in [3.63, 3.8) is 0 Å². The second-order valence-electron chi connectivity index (χ2n) is 5.65. The van der Waals surface area contributed by atoms with Crippen LogP contribution in [0.5, 0.6) is 0 Å².